The first kappa shape index (κ1) is 15.6. The van der Waals surface area contributed by atoms with Gasteiger partial charge in [0.15, 0.2) is 0 Å². The third kappa shape index (κ3) is 4.11. The summed E-state index contributed by atoms with van der Waals surface area (Å²) in [5.41, 5.74) is 0.926. The molecule has 1 aliphatic heterocycles. The number of hydrogen-bond donors (Lipinski definition) is 2. The number of hydrogen-bond acceptors (Lipinski definition) is 4. The van der Waals surface area contributed by atoms with Crippen LogP contribution in [-0.4, -0.2) is 33.2 Å². The van der Waals surface area contributed by atoms with Crippen molar-refractivity contribution in [3.63, 3.8) is 0 Å². The Balaban J connectivity index is 2.01. The lowest BCUT2D eigenvalue weighted by atomic mass is 10.0. The fourth-order valence-electron chi connectivity index (χ4n) is 2.71. The molecule has 2 atom stereocenters. The van der Waals surface area contributed by atoms with Crippen LogP contribution in [0.4, 0.5) is 0 Å². The zero-order chi connectivity index (χ0) is 15.2. The van der Waals surface area contributed by atoms with Gasteiger partial charge in [-0.15, -0.1) is 0 Å². The lowest BCUT2D eigenvalue weighted by Crippen LogP contribution is -2.29. The molecule has 1 aromatic carbocycles. The summed E-state index contributed by atoms with van der Waals surface area (Å²) < 4.78 is 10.6. The largest absolute Gasteiger partial charge is 0.497 e. The summed E-state index contributed by atoms with van der Waals surface area (Å²) in [7, 11) is 3.26. The minimum Gasteiger partial charge on any atom is -0.497 e. The van der Waals surface area contributed by atoms with Gasteiger partial charge in [-0.3, -0.25) is 4.79 Å². The van der Waals surface area contributed by atoms with E-state index >= 15 is 0 Å². The van der Waals surface area contributed by atoms with E-state index in [9.17, 15) is 4.79 Å². The molecule has 0 saturated carbocycles. The van der Waals surface area contributed by atoms with Gasteiger partial charge in [-0.2, -0.15) is 0 Å². The zero-order valence-corrected chi connectivity index (χ0v) is 12.9. The fraction of sp³-hybridized carbons (Fsp3) is 0.562. The van der Waals surface area contributed by atoms with Gasteiger partial charge in [0, 0.05) is 12.0 Å². The first-order valence-corrected chi connectivity index (χ1v) is 7.36. The van der Waals surface area contributed by atoms with Crippen LogP contribution in [0.2, 0.25) is 0 Å². The Bertz CT molecular complexity index is 484. The number of rotatable bonds is 6. The Hall–Kier alpha value is -1.75. The highest BCUT2D eigenvalue weighted by atomic mass is 16.5. The molecule has 0 bridgehead atoms. The Morgan fingerprint density at radius 3 is 2.86 bits per heavy atom. The molecular formula is C16H24N2O3. The second-order valence-corrected chi connectivity index (χ2v) is 5.46. The van der Waals surface area contributed by atoms with Gasteiger partial charge in [-0.1, -0.05) is 0 Å². The number of ether oxygens (including phenoxy) is 2. The maximum absolute atomic E-state index is 12.1. The number of amides is 1. The van der Waals surface area contributed by atoms with E-state index < -0.39 is 0 Å². The quantitative estimate of drug-likeness (QED) is 0.840. The minimum atomic E-state index is -0.114. The molecule has 2 unspecified atom stereocenters. The Morgan fingerprint density at radius 1 is 1.43 bits per heavy atom. The van der Waals surface area contributed by atoms with Gasteiger partial charge in [0.1, 0.15) is 11.5 Å². The molecule has 1 saturated heterocycles. The van der Waals surface area contributed by atoms with Crippen molar-refractivity contribution in [2.75, 3.05) is 27.3 Å². The monoisotopic (exact) mass is 292 g/mol. The highest BCUT2D eigenvalue weighted by Crippen LogP contribution is 2.29. The van der Waals surface area contributed by atoms with Crippen LogP contribution < -0.4 is 20.1 Å². The van der Waals surface area contributed by atoms with E-state index in [2.05, 4.69) is 10.6 Å². The molecule has 116 valence electrons. The Kier molecular flexibility index (Phi) is 5.44. The molecule has 1 aliphatic rings. The van der Waals surface area contributed by atoms with Gasteiger partial charge in [-0.05, 0) is 50.6 Å². The van der Waals surface area contributed by atoms with Crippen molar-refractivity contribution in [2.24, 2.45) is 5.92 Å². The number of methoxy groups -OCH3 is 2. The van der Waals surface area contributed by atoms with E-state index in [-0.39, 0.29) is 11.9 Å². The molecule has 1 heterocycles. The predicted octanol–water partition coefficient (Wildman–Crippen LogP) is 1.88. The smallest absolute Gasteiger partial charge is 0.220 e. The zero-order valence-electron chi connectivity index (χ0n) is 12.9. The molecular weight excluding hydrogens is 268 g/mol. The van der Waals surface area contributed by atoms with Crippen LogP contribution in [0.1, 0.15) is 31.4 Å². The normalized spacial score (nSPS) is 19.1. The van der Waals surface area contributed by atoms with Gasteiger partial charge in [0.25, 0.3) is 0 Å². The molecule has 0 aliphatic carbocycles. The Labute approximate surface area is 126 Å². The maximum atomic E-state index is 12.1. The van der Waals surface area contributed by atoms with Gasteiger partial charge in [0.05, 0.1) is 20.3 Å². The second kappa shape index (κ2) is 7.31. The SMILES string of the molecule is COc1ccc(OC)c(C(C)NC(=O)CC2CCNC2)c1. The Morgan fingerprint density at radius 2 is 2.24 bits per heavy atom. The summed E-state index contributed by atoms with van der Waals surface area (Å²) in [6.07, 6.45) is 1.65. The van der Waals surface area contributed by atoms with Crippen LogP contribution in [0.5, 0.6) is 11.5 Å². The van der Waals surface area contributed by atoms with Crippen LogP contribution in [-0.2, 0) is 4.79 Å². The average Bonchev–Trinajstić information content (AvgIpc) is 2.99. The fourth-order valence-corrected chi connectivity index (χ4v) is 2.71. The van der Waals surface area contributed by atoms with E-state index in [4.69, 9.17) is 9.47 Å². The number of carbonyl (C=O) groups is 1. The summed E-state index contributed by atoms with van der Waals surface area (Å²) in [4.78, 5) is 12.1. The maximum Gasteiger partial charge on any atom is 0.220 e. The van der Waals surface area contributed by atoms with Gasteiger partial charge in [0.2, 0.25) is 5.91 Å². The lowest BCUT2D eigenvalue weighted by Gasteiger charge is -2.19. The molecule has 5 nitrogen and oxygen atoms in total. The van der Waals surface area contributed by atoms with Crippen molar-refractivity contribution in [1.82, 2.24) is 10.6 Å². The molecule has 1 aromatic rings. The molecule has 5 heteroatoms. The van der Waals surface area contributed by atoms with Gasteiger partial charge >= 0.3 is 0 Å². The number of nitrogens with one attached hydrogen (secondary N) is 2. The van der Waals surface area contributed by atoms with Crippen LogP contribution >= 0.6 is 0 Å². The molecule has 2 rings (SSSR count). The van der Waals surface area contributed by atoms with Crippen LogP contribution in [0.25, 0.3) is 0 Å². The summed E-state index contributed by atoms with van der Waals surface area (Å²) in [6.45, 7) is 3.91. The van der Waals surface area contributed by atoms with E-state index in [0.29, 0.717) is 12.3 Å². The summed E-state index contributed by atoms with van der Waals surface area (Å²) in [5, 5.41) is 6.33. The van der Waals surface area contributed by atoms with E-state index in [1.54, 1.807) is 14.2 Å². The lowest BCUT2D eigenvalue weighted by molar-refractivity contribution is -0.122. The van der Waals surface area contributed by atoms with Crippen molar-refractivity contribution in [3.8, 4) is 11.5 Å². The van der Waals surface area contributed by atoms with E-state index in [0.717, 1.165) is 36.6 Å². The third-order valence-electron chi connectivity index (χ3n) is 3.92. The predicted molar refractivity (Wildman–Crippen MR) is 81.7 cm³/mol. The van der Waals surface area contributed by atoms with E-state index in [1.807, 2.05) is 25.1 Å². The molecule has 1 amide bonds. The van der Waals surface area contributed by atoms with Crippen molar-refractivity contribution in [1.29, 1.82) is 0 Å². The number of benzene rings is 1. The van der Waals surface area contributed by atoms with Crippen LogP contribution in [0, 0.1) is 5.92 Å². The van der Waals surface area contributed by atoms with Gasteiger partial charge < -0.3 is 20.1 Å². The topological polar surface area (TPSA) is 59.6 Å². The highest BCUT2D eigenvalue weighted by molar-refractivity contribution is 5.76. The third-order valence-corrected chi connectivity index (χ3v) is 3.92. The van der Waals surface area contributed by atoms with Crippen molar-refractivity contribution in [2.45, 2.75) is 25.8 Å². The van der Waals surface area contributed by atoms with Crippen LogP contribution in [0.3, 0.4) is 0 Å². The first-order chi connectivity index (χ1) is 10.1. The van der Waals surface area contributed by atoms with Crippen molar-refractivity contribution < 1.29 is 14.3 Å². The molecule has 2 N–H and O–H groups in total. The minimum absolute atomic E-state index is 0.0843. The van der Waals surface area contributed by atoms with E-state index in [1.165, 1.54) is 0 Å². The summed E-state index contributed by atoms with van der Waals surface area (Å²) in [5.74, 6) is 2.04. The number of carbonyl (C=O) groups excluding carboxylic acids is 1. The van der Waals surface area contributed by atoms with Crippen molar-refractivity contribution in [3.05, 3.63) is 23.8 Å². The standard InChI is InChI=1S/C16H24N2O3/c1-11(18-16(19)8-12-6-7-17-10-12)14-9-13(20-2)4-5-15(14)21-3/h4-5,9,11-12,17H,6-8,10H2,1-3H3,(H,18,19). The van der Waals surface area contributed by atoms with Gasteiger partial charge in [-0.25, -0.2) is 0 Å². The van der Waals surface area contributed by atoms with Crippen molar-refractivity contribution >= 4 is 5.91 Å². The van der Waals surface area contributed by atoms with Crippen LogP contribution in [0.15, 0.2) is 18.2 Å². The highest BCUT2D eigenvalue weighted by Gasteiger charge is 2.20. The summed E-state index contributed by atoms with van der Waals surface area (Å²) >= 11 is 0. The average molecular weight is 292 g/mol. The molecule has 1 fully saturated rings. The molecule has 0 radical (unpaired) electrons. The molecule has 0 spiro atoms. The first-order valence-electron chi connectivity index (χ1n) is 7.36. The summed E-state index contributed by atoms with van der Waals surface area (Å²) in [6, 6.07) is 5.50. The molecule has 21 heavy (non-hydrogen) atoms. The molecule has 0 aromatic heterocycles. The second-order valence-electron chi connectivity index (χ2n) is 5.46.